The van der Waals surface area contributed by atoms with Gasteiger partial charge in [0.15, 0.2) is 0 Å². The summed E-state index contributed by atoms with van der Waals surface area (Å²) in [5.41, 5.74) is 4.84. The van der Waals surface area contributed by atoms with Crippen LogP contribution in [0, 0.1) is 2.88 Å². The molecule has 0 spiro atoms. The molecule has 1 atom stereocenters. The Morgan fingerprint density at radius 1 is 1.28 bits per heavy atom. The molecule has 2 aromatic heterocycles. The third-order valence-electron chi connectivity index (χ3n) is 2.82. The third-order valence-corrected chi connectivity index (χ3v) is 4.62. The zero-order chi connectivity index (χ0) is 12.5. The van der Waals surface area contributed by atoms with Crippen LogP contribution in [-0.4, -0.2) is 0 Å². The van der Waals surface area contributed by atoms with Crippen molar-refractivity contribution in [2.75, 3.05) is 0 Å². The Kier molecular flexibility index (Phi) is 3.38. The van der Waals surface area contributed by atoms with Gasteiger partial charge in [-0.3, -0.25) is 5.84 Å². The lowest BCUT2D eigenvalue weighted by Gasteiger charge is -2.10. The summed E-state index contributed by atoms with van der Waals surface area (Å²) in [4.78, 5) is 0. The molecule has 0 aliphatic rings. The lowest BCUT2D eigenvalue weighted by atomic mass is 10.1. The van der Waals surface area contributed by atoms with Gasteiger partial charge in [-0.2, -0.15) is 0 Å². The maximum atomic E-state index is 5.84. The van der Waals surface area contributed by atoms with Crippen LogP contribution in [0.15, 0.2) is 46.2 Å². The first-order chi connectivity index (χ1) is 8.78. The van der Waals surface area contributed by atoms with Crippen LogP contribution in [0.25, 0.3) is 11.0 Å². The van der Waals surface area contributed by atoms with Crippen LogP contribution >= 0.6 is 33.9 Å². The molecule has 0 aliphatic carbocycles. The van der Waals surface area contributed by atoms with E-state index in [1.165, 1.54) is 2.88 Å². The lowest BCUT2D eigenvalue weighted by Crippen LogP contribution is -2.28. The molecule has 92 valence electrons. The summed E-state index contributed by atoms with van der Waals surface area (Å²) in [6.45, 7) is 0. The zero-order valence-corrected chi connectivity index (χ0v) is 12.4. The Hall–Kier alpha value is -0.890. The number of hydrogen-bond acceptors (Lipinski definition) is 4. The second-order valence-electron chi connectivity index (χ2n) is 3.97. The molecule has 0 fully saturated rings. The minimum Gasteiger partial charge on any atom is -0.459 e. The zero-order valence-electron chi connectivity index (χ0n) is 9.39. The highest BCUT2D eigenvalue weighted by Crippen LogP contribution is 2.30. The first-order valence-electron chi connectivity index (χ1n) is 5.46. The Bertz CT molecular complexity index is 643. The van der Waals surface area contributed by atoms with Crippen molar-refractivity contribution in [2.24, 2.45) is 5.84 Å². The second kappa shape index (κ2) is 5.00. The standard InChI is InChI=1S/C13H11IN2OS/c14-12-6-9(7-18-12)13(16-15)11-5-8-3-1-2-4-10(8)17-11/h1-7,13,16H,15H2. The van der Waals surface area contributed by atoms with Crippen LogP contribution in [0.4, 0.5) is 0 Å². The predicted octanol–water partition coefficient (Wildman–Crippen LogP) is 3.65. The highest BCUT2D eigenvalue weighted by atomic mass is 127. The molecule has 18 heavy (non-hydrogen) atoms. The minimum atomic E-state index is -0.0998. The van der Waals surface area contributed by atoms with Crippen LogP contribution in [0.5, 0.6) is 0 Å². The van der Waals surface area contributed by atoms with Crippen molar-refractivity contribution in [3.8, 4) is 0 Å². The van der Waals surface area contributed by atoms with Crippen LogP contribution in [0.2, 0.25) is 0 Å². The molecule has 0 radical (unpaired) electrons. The summed E-state index contributed by atoms with van der Waals surface area (Å²) in [6, 6.07) is 12.0. The number of furan rings is 1. The Morgan fingerprint density at radius 2 is 2.11 bits per heavy atom. The summed E-state index contributed by atoms with van der Waals surface area (Å²) in [5, 5.41) is 3.19. The van der Waals surface area contributed by atoms with Crippen molar-refractivity contribution in [3.05, 3.63) is 56.0 Å². The predicted molar refractivity (Wildman–Crippen MR) is 82.4 cm³/mol. The van der Waals surface area contributed by atoms with Gasteiger partial charge in [0.25, 0.3) is 0 Å². The van der Waals surface area contributed by atoms with E-state index in [-0.39, 0.29) is 6.04 Å². The summed E-state index contributed by atoms with van der Waals surface area (Å²) >= 11 is 4.00. The van der Waals surface area contributed by atoms with Crippen molar-refractivity contribution >= 4 is 44.9 Å². The number of hydrogen-bond donors (Lipinski definition) is 2. The number of nitrogens with one attached hydrogen (secondary N) is 1. The first kappa shape index (κ1) is 12.2. The van der Waals surface area contributed by atoms with E-state index in [2.05, 4.69) is 39.5 Å². The van der Waals surface area contributed by atoms with Gasteiger partial charge in [0.05, 0.1) is 2.88 Å². The quantitative estimate of drug-likeness (QED) is 0.420. The van der Waals surface area contributed by atoms with Gasteiger partial charge >= 0.3 is 0 Å². The molecule has 3 aromatic rings. The molecule has 3 rings (SSSR count). The Balaban J connectivity index is 2.05. The average Bonchev–Trinajstić information content (AvgIpc) is 2.96. The molecule has 3 nitrogen and oxygen atoms in total. The van der Waals surface area contributed by atoms with Crippen molar-refractivity contribution in [2.45, 2.75) is 6.04 Å². The molecule has 0 aliphatic heterocycles. The van der Waals surface area contributed by atoms with E-state index < -0.39 is 0 Å². The van der Waals surface area contributed by atoms with E-state index in [1.807, 2.05) is 30.3 Å². The van der Waals surface area contributed by atoms with Gasteiger partial charge in [-0.05, 0) is 51.7 Å². The summed E-state index contributed by atoms with van der Waals surface area (Å²) in [7, 11) is 0. The highest BCUT2D eigenvalue weighted by Gasteiger charge is 2.18. The van der Waals surface area contributed by atoms with Crippen LogP contribution < -0.4 is 11.3 Å². The smallest absolute Gasteiger partial charge is 0.134 e. The molecule has 0 bridgehead atoms. The minimum absolute atomic E-state index is 0.0998. The van der Waals surface area contributed by atoms with Gasteiger partial charge in [0.1, 0.15) is 17.4 Å². The second-order valence-corrected chi connectivity index (χ2v) is 6.78. The van der Waals surface area contributed by atoms with E-state index in [9.17, 15) is 0 Å². The maximum absolute atomic E-state index is 5.84. The molecular formula is C13H11IN2OS. The van der Waals surface area contributed by atoms with Crippen LogP contribution in [0.3, 0.4) is 0 Å². The molecular weight excluding hydrogens is 359 g/mol. The lowest BCUT2D eigenvalue weighted by molar-refractivity contribution is 0.478. The van der Waals surface area contributed by atoms with Crippen molar-refractivity contribution in [3.63, 3.8) is 0 Å². The molecule has 1 aromatic carbocycles. The fourth-order valence-corrected chi connectivity index (χ4v) is 3.36. The molecule has 3 N–H and O–H groups in total. The van der Waals surface area contributed by atoms with Crippen molar-refractivity contribution in [1.82, 2.24) is 5.43 Å². The number of rotatable bonds is 3. The molecule has 2 heterocycles. The number of fused-ring (bicyclic) bond motifs is 1. The van der Waals surface area contributed by atoms with Crippen LogP contribution in [0.1, 0.15) is 17.4 Å². The number of para-hydroxylation sites is 1. The number of thiophene rings is 1. The van der Waals surface area contributed by atoms with Gasteiger partial charge in [-0.25, -0.2) is 5.43 Å². The molecule has 0 saturated heterocycles. The van der Waals surface area contributed by atoms with E-state index >= 15 is 0 Å². The average molecular weight is 370 g/mol. The van der Waals surface area contributed by atoms with Crippen LogP contribution in [-0.2, 0) is 0 Å². The van der Waals surface area contributed by atoms with E-state index in [4.69, 9.17) is 10.3 Å². The molecule has 5 heteroatoms. The van der Waals surface area contributed by atoms with Gasteiger partial charge in [0, 0.05) is 5.39 Å². The monoisotopic (exact) mass is 370 g/mol. The number of benzene rings is 1. The first-order valence-corrected chi connectivity index (χ1v) is 7.42. The number of nitrogens with two attached hydrogens (primary N) is 1. The third kappa shape index (κ3) is 2.18. The molecule has 0 amide bonds. The van der Waals surface area contributed by atoms with E-state index in [0.717, 1.165) is 22.3 Å². The van der Waals surface area contributed by atoms with Gasteiger partial charge < -0.3 is 4.42 Å². The van der Waals surface area contributed by atoms with Gasteiger partial charge in [-0.1, -0.05) is 18.2 Å². The molecule has 1 unspecified atom stereocenters. The van der Waals surface area contributed by atoms with Crippen molar-refractivity contribution in [1.29, 1.82) is 0 Å². The topological polar surface area (TPSA) is 51.2 Å². The SMILES string of the molecule is NNC(c1csc(I)c1)c1cc2ccccc2o1. The highest BCUT2D eigenvalue weighted by molar-refractivity contribution is 14.1. The van der Waals surface area contributed by atoms with Crippen molar-refractivity contribution < 1.29 is 4.42 Å². The normalized spacial score (nSPS) is 13.0. The Morgan fingerprint density at radius 3 is 2.78 bits per heavy atom. The van der Waals surface area contributed by atoms with E-state index in [0.29, 0.717) is 0 Å². The summed E-state index contributed by atoms with van der Waals surface area (Å²) in [5.74, 6) is 6.50. The van der Waals surface area contributed by atoms with Gasteiger partial charge in [-0.15, -0.1) is 11.3 Å². The molecule has 0 saturated carbocycles. The van der Waals surface area contributed by atoms with Gasteiger partial charge in [0.2, 0.25) is 0 Å². The maximum Gasteiger partial charge on any atom is 0.134 e. The summed E-state index contributed by atoms with van der Waals surface area (Å²) in [6.07, 6.45) is 0. The fraction of sp³-hybridized carbons (Fsp3) is 0.0769. The van der Waals surface area contributed by atoms with E-state index in [1.54, 1.807) is 11.3 Å². The fourth-order valence-electron chi connectivity index (χ4n) is 1.96. The number of hydrazine groups is 1. The largest absolute Gasteiger partial charge is 0.459 e. The summed E-state index contributed by atoms with van der Waals surface area (Å²) < 4.78 is 7.08. The Labute approximate surface area is 122 Å². The number of halogens is 1.